The van der Waals surface area contributed by atoms with Gasteiger partial charge in [-0.1, -0.05) is 11.6 Å². The van der Waals surface area contributed by atoms with Gasteiger partial charge in [-0.25, -0.2) is 4.98 Å². The smallest absolute Gasteiger partial charge is 0.239 e. The average Bonchev–Trinajstić information content (AvgIpc) is 2.78. The predicted octanol–water partition coefficient (Wildman–Crippen LogP) is 2.90. The molecule has 2 heterocycles. The molecule has 1 saturated heterocycles. The van der Waals surface area contributed by atoms with Crippen LogP contribution in [0, 0.1) is 0 Å². The molecule has 18 heavy (non-hydrogen) atoms. The van der Waals surface area contributed by atoms with Crippen molar-refractivity contribution in [3.8, 4) is 0 Å². The maximum Gasteiger partial charge on any atom is 0.239 e. The molecule has 1 aromatic rings. The highest BCUT2D eigenvalue weighted by atomic mass is 35.5. The number of carbonyl (C=O) groups is 1. The minimum absolute atomic E-state index is 0.0892. The summed E-state index contributed by atoms with van der Waals surface area (Å²) < 4.78 is 0. The maximum atomic E-state index is 11.3. The number of alkyl halides is 1. The molecule has 1 aliphatic rings. The van der Waals surface area contributed by atoms with Crippen molar-refractivity contribution in [1.29, 1.82) is 0 Å². The van der Waals surface area contributed by atoms with Crippen molar-refractivity contribution in [3.63, 3.8) is 0 Å². The third-order valence-corrected chi connectivity index (χ3v) is 3.63. The van der Waals surface area contributed by atoms with E-state index in [0.717, 1.165) is 25.2 Å². The summed E-state index contributed by atoms with van der Waals surface area (Å²) in [6, 6.07) is 2.27. The van der Waals surface area contributed by atoms with Gasteiger partial charge in [-0.3, -0.25) is 4.79 Å². The highest BCUT2D eigenvalue weighted by Gasteiger charge is 2.22. The van der Waals surface area contributed by atoms with Gasteiger partial charge >= 0.3 is 0 Å². The normalized spacial score (nSPS) is 19.1. The molecule has 0 spiro atoms. The first kappa shape index (κ1) is 13.4. The molecule has 0 aromatic carbocycles. The van der Waals surface area contributed by atoms with Gasteiger partial charge in [0.1, 0.15) is 11.7 Å². The average molecular weight is 288 g/mol. The molecule has 2 rings (SSSR count). The van der Waals surface area contributed by atoms with E-state index in [1.807, 2.05) is 0 Å². The molecule has 1 amide bonds. The molecule has 0 unspecified atom stereocenters. The zero-order valence-corrected chi connectivity index (χ0v) is 11.6. The number of anilines is 2. The Kier molecular flexibility index (Phi) is 4.30. The van der Waals surface area contributed by atoms with Crippen molar-refractivity contribution < 1.29 is 4.79 Å². The van der Waals surface area contributed by atoms with E-state index in [1.165, 1.54) is 0 Å². The van der Waals surface area contributed by atoms with Crippen LogP contribution in [0.3, 0.4) is 0 Å². The van der Waals surface area contributed by atoms with Crippen LogP contribution in [-0.2, 0) is 4.79 Å². The predicted molar refractivity (Wildman–Crippen MR) is 74.6 cm³/mol. The Morgan fingerprint density at radius 2 is 2.44 bits per heavy atom. The molecule has 1 aliphatic heterocycles. The highest BCUT2D eigenvalue weighted by Crippen LogP contribution is 2.29. The molecular formula is C12H15Cl2N3O. The first-order chi connectivity index (χ1) is 8.61. The summed E-state index contributed by atoms with van der Waals surface area (Å²) in [4.78, 5) is 17.8. The number of carbonyl (C=O) groups excluding carboxylic acids is 1. The molecule has 0 radical (unpaired) electrons. The van der Waals surface area contributed by atoms with E-state index in [4.69, 9.17) is 23.2 Å². The first-order valence-electron chi connectivity index (χ1n) is 5.90. The molecular weight excluding hydrogens is 273 g/mol. The molecule has 0 aliphatic carbocycles. The topological polar surface area (TPSA) is 45.2 Å². The van der Waals surface area contributed by atoms with Crippen molar-refractivity contribution in [1.82, 2.24) is 4.98 Å². The Balaban J connectivity index is 2.23. The third-order valence-electron chi connectivity index (χ3n) is 3.08. The van der Waals surface area contributed by atoms with Gasteiger partial charge in [0.15, 0.2) is 0 Å². The SMILES string of the molecule is C[C@H]1CCCN1c1cc(NC(=O)CCl)c(Cl)cn1. The maximum absolute atomic E-state index is 11.3. The van der Waals surface area contributed by atoms with Crippen molar-refractivity contribution in [2.75, 3.05) is 22.6 Å². The number of amides is 1. The second-order valence-corrected chi connectivity index (χ2v) is 5.06. The second kappa shape index (κ2) is 5.76. The van der Waals surface area contributed by atoms with Crippen molar-refractivity contribution >= 4 is 40.6 Å². The van der Waals surface area contributed by atoms with E-state index in [1.54, 1.807) is 12.3 Å². The van der Waals surface area contributed by atoms with Gasteiger partial charge in [0.05, 0.1) is 16.9 Å². The summed E-state index contributed by atoms with van der Waals surface area (Å²) in [5.74, 6) is 0.480. The number of hydrogen-bond donors (Lipinski definition) is 1. The summed E-state index contributed by atoms with van der Waals surface area (Å²) in [6.07, 6.45) is 3.88. The van der Waals surface area contributed by atoms with E-state index >= 15 is 0 Å². The van der Waals surface area contributed by atoms with Crippen LogP contribution in [0.25, 0.3) is 0 Å². The lowest BCUT2D eigenvalue weighted by atomic mass is 10.2. The van der Waals surface area contributed by atoms with Crippen LogP contribution in [0.5, 0.6) is 0 Å². The monoisotopic (exact) mass is 287 g/mol. The molecule has 0 saturated carbocycles. The summed E-state index contributed by atoms with van der Waals surface area (Å²) in [5, 5.41) is 3.09. The lowest BCUT2D eigenvalue weighted by molar-refractivity contribution is -0.113. The van der Waals surface area contributed by atoms with E-state index < -0.39 is 0 Å². The Bertz CT molecular complexity index is 453. The van der Waals surface area contributed by atoms with Crippen molar-refractivity contribution in [2.24, 2.45) is 0 Å². The number of nitrogens with zero attached hydrogens (tertiary/aromatic N) is 2. The van der Waals surface area contributed by atoms with Gasteiger partial charge in [0.25, 0.3) is 0 Å². The number of halogens is 2. The van der Waals surface area contributed by atoms with Crippen LogP contribution < -0.4 is 10.2 Å². The van der Waals surface area contributed by atoms with Gasteiger partial charge < -0.3 is 10.2 Å². The van der Waals surface area contributed by atoms with E-state index in [9.17, 15) is 4.79 Å². The summed E-state index contributed by atoms with van der Waals surface area (Å²) in [7, 11) is 0. The minimum Gasteiger partial charge on any atom is -0.354 e. The van der Waals surface area contributed by atoms with Crippen LogP contribution >= 0.6 is 23.2 Å². The zero-order valence-electron chi connectivity index (χ0n) is 10.1. The molecule has 1 atom stereocenters. The largest absolute Gasteiger partial charge is 0.354 e. The quantitative estimate of drug-likeness (QED) is 0.870. The van der Waals surface area contributed by atoms with E-state index in [-0.39, 0.29) is 11.8 Å². The summed E-state index contributed by atoms with van der Waals surface area (Å²) >= 11 is 11.5. The fraction of sp³-hybridized carbons (Fsp3) is 0.500. The molecule has 6 heteroatoms. The third kappa shape index (κ3) is 2.87. The molecule has 98 valence electrons. The summed E-state index contributed by atoms with van der Waals surface area (Å²) in [6.45, 7) is 3.15. The van der Waals surface area contributed by atoms with Crippen molar-refractivity contribution in [2.45, 2.75) is 25.8 Å². The van der Waals surface area contributed by atoms with Gasteiger partial charge in [-0.15, -0.1) is 11.6 Å². The number of rotatable bonds is 3. The van der Waals surface area contributed by atoms with Crippen LogP contribution in [0.2, 0.25) is 5.02 Å². The lowest BCUT2D eigenvalue weighted by Gasteiger charge is -2.23. The van der Waals surface area contributed by atoms with Gasteiger partial charge in [-0.2, -0.15) is 0 Å². The van der Waals surface area contributed by atoms with Crippen LogP contribution in [-0.4, -0.2) is 29.4 Å². The Morgan fingerprint density at radius 3 is 3.06 bits per heavy atom. The number of pyridine rings is 1. The molecule has 0 bridgehead atoms. The van der Waals surface area contributed by atoms with Crippen LogP contribution in [0.1, 0.15) is 19.8 Å². The first-order valence-corrected chi connectivity index (χ1v) is 6.81. The standard InChI is InChI=1S/C12H15Cl2N3O/c1-8-3-2-4-17(8)11-5-10(9(14)7-15-11)16-12(18)6-13/h5,7-8H,2-4,6H2,1H3,(H,15,16,18)/t8-/m0/s1. The minimum atomic E-state index is -0.273. The Morgan fingerprint density at radius 1 is 1.67 bits per heavy atom. The van der Waals surface area contributed by atoms with E-state index in [2.05, 4.69) is 22.1 Å². The fourth-order valence-electron chi connectivity index (χ4n) is 2.14. The van der Waals surface area contributed by atoms with Crippen molar-refractivity contribution in [3.05, 3.63) is 17.3 Å². The number of hydrogen-bond acceptors (Lipinski definition) is 3. The van der Waals surface area contributed by atoms with Gasteiger partial charge in [-0.05, 0) is 19.8 Å². The lowest BCUT2D eigenvalue weighted by Crippen LogP contribution is -2.27. The van der Waals surface area contributed by atoms with Crippen LogP contribution in [0.4, 0.5) is 11.5 Å². The Hall–Kier alpha value is -1.00. The molecule has 1 N–H and O–H groups in total. The van der Waals surface area contributed by atoms with E-state index in [0.29, 0.717) is 16.8 Å². The molecule has 1 aromatic heterocycles. The van der Waals surface area contributed by atoms with Crippen LogP contribution in [0.15, 0.2) is 12.3 Å². The Labute approximate surface area is 116 Å². The fourth-order valence-corrected chi connectivity index (χ4v) is 2.36. The summed E-state index contributed by atoms with van der Waals surface area (Å²) in [5.41, 5.74) is 0.561. The van der Waals surface area contributed by atoms with Gasteiger partial charge in [0.2, 0.25) is 5.91 Å². The second-order valence-electron chi connectivity index (χ2n) is 4.39. The zero-order chi connectivity index (χ0) is 13.1. The molecule has 4 nitrogen and oxygen atoms in total. The number of nitrogens with one attached hydrogen (secondary N) is 1. The highest BCUT2D eigenvalue weighted by molar-refractivity contribution is 6.34. The molecule has 1 fully saturated rings. The number of aromatic nitrogens is 1. The van der Waals surface area contributed by atoms with Gasteiger partial charge in [0, 0.05) is 18.7 Å².